The van der Waals surface area contributed by atoms with E-state index in [-0.39, 0.29) is 12.0 Å². The third-order valence-electron chi connectivity index (χ3n) is 1.89. The van der Waals surface area contributed by atoms with Crippen molar-refractivity contribution in [3.63, 3.8) is 0 Å². The standard InChI is InChI=1S/C12H17NO2/c1-9(2)15-11-8-6-5-7-10(11)12(14)13(3)4/h5-9H,1-4H3. The maximum absolute atomic E-state index is 11.8. The molecule has 0 bridgehead atoms. The fourth-order valence-corrected chi connectivity index (χ4v) is 1.24. The Hall–Kier alpha value is -1.51. The van der Waals surface area contributed by atoms with E-state index in [2.05, 4.69) is 0 Å². The Labute approximate surface area is 90.7 Å². The summed E-state index contributed by atoms with van der Waals surface area (Å²) in [6.07, 6.45) is 0.0705. The van der Waals surface area contributed by atoms with E-state index in [1.807, 2.05) is 32.0 Å². The average molecular weight is 207 g/mol. The fourth-order valence-electron chi connectivity index (χ4n) is 1.24. The molecule has 1 aromatic rings. The van der Waals surface area contributed by atoms with Crippen LogP contribution in [0, 0.1) is 0 Å². The van der Waals surface area contributed by atoms with Crippen molar-refractivity contribution in [2.45, 2.75) is 20.0 Å². The van der Waals surface area contributed by atoms with Gasteiger partial charge in [0.2, 0.25) is 0 Å². The first-order valence-electron chi connectivity index (χ1n) is 4.99. The molecule has 0 N–H and O–H groups in total. The van der Waals surface area contributed by atoms with Gasteiger partial charge in [0, 0.05) is 14.1 Å². The lowest BCUT2D eigenvalue weighted by atomic mass is 10.2. The van der Waals surface area contributed by atoms with Gasteiger partial charge in [-0.1, -0.05) is 12.1 Å². The molecule has 1 rings (SSSR count). The predicted molar refractivity (Wildman–Crippen MR) is 60.2 cm³/mol. The third-order valence-corrected chi connectivity index (χ3v) is 1.89. The second-order valence-electron chi connectivity index (χ2n) is 3.86. The summed E-state index contributed by atoms with van der Waals surface area (Å²) in [5.41, 5.74) is 0.608. The Bertz CT molecular complexity index is 345. The average Bonchev–Trinajstić information content (AvgIpc) is 2.16. The Balaban J connectivity index is 3.01. The summed E-state index contributed by atoms with van der Waals surface area (Å²) in [4.78, 5) is 13.3. The Morgan fingerprint density at radius 1 is 1.27 bits per heavy atom. The lowest BCUT2D eigenvalue weighted by Crippen LogP contribution is -2.23. The van der Waals surface area contributed by atoms with E-state index in [0.717, 1.165) is 0 Å². The van der Waals surface area contributed by atoms with Crippen molar-refractivity contribution in [3.8, 4) is 5.75 Å². The smallest absolute Gasteiger partial charge is 0.257 e. The van der Waals surface area contributed by atoms with Gasteiger partial charge in [0.1, 0.15) is 5.75 Å². The van der Waals surface area contributed by atoms with Gasteiger partial charge in [-0.05, 0) is 26.0 Å². The van der Waals surface area contributed by atoms with Crippen LogP contribution < -0.4 is 4.74 Å². The normalized spacial score (nSPS) is 10.2. The van der Waals surface area contributed by atoms with E-state index >= 15 is 0 Å². The summed E-state index contributed by atoms with van der Waals surface area (Å²) < 4.78 is 5.57. The largest absolute Gasteiger partial charge is 0.490 e. The molecule has 1 amide bonds. The number of carbonyl (C=O) groups is 1. The Morgan fingerprint density at radius 2 is 1.87 bits per heavy atom. The van der Waals surface area contributed by atoms with E-state index in [0.29, 0.717) is 11.3 Å². The zero-order valence-electron chi connectivity index (χ0n) is 9.65. The van der Waals surface area contributed by atoms with E-state index < -0.39 is 0 Å². The van der Waals surface area contributed by atoms with E-state index in [9.17, 15) is 4.79 Å². The molecule has 3 nitrogen and oxygen atoms in total. The van der Waals surface area contributed by atoms with Crippen LogP contribution in [0.1, 0.15) is 24.2 Å². The van der Waals surface area contributed by atoms with Gasteiger partial charge in [0.25, 0.3) is 5.91 Å². The van der Waals surface area contributed by atoms with E-state index in [1.165, 1.54) is 0 Å². The number of hydrogen-bond acceptors (Lipinski definition) is 2. The number of rotatable bonds is 3. The van der Waals surface area contributed by atoms with Crippen molar-refractivity contribution in [2.75, 3.05) is 14.1 Å². The second kappa shape index (κ2) is 4.82. The van der Waals surface area contributed by atoms with Gasteiger partial charge < -0.3 is 9.64 Å². The summed E-state index contributed by atoms with van der Waals surface area (Å²) in [5, 5.41) is 0. The molecule has 0 radical (unpaired) electrons. The highest BCUT2D eigenvalue weighted by Gasteiger charge is 2.14. The highest BCUT2D eigenvalue weighted by molar-refractivity contribution is 5.96. The number of benzene rings is 1. The van der Waals surface area contributed by atoms with Crippen molar-refractivity contribution in [2.24, 2.45) is 0 Å². The number of para-hydroxylation sites is 1. The molecular weight excluding hydrogens is 190 g/mol. The topological polar surface area (TPSA) is 29.5 Å². The molecule has 0 aliphatic carbocycles. The van der Waals surface area contributed by atoms with Crippen LogP contribution in [0.5, 0.6) is 5.75 Å². The molecule has 0 heterocycles. The minimum absolute atomic E-state index is 0.0359. The number of amides is 1. The lowest BCUT2D eigenvalue weighted by Gasteiger charge is -2.16. The molecule has 0 aliphatic heterocycles. The molecule has 1 aromatic carbocycles. The van der Waals surface area contributed by atoms with Crippen LogP contribution in [0.3, 0.4) is 0 Å². The SMILES string of the molecule is CC(C)Oc1ccccc1C(=O)N(C)C. The van der Waals surface area contributed by atoms with Gasteiger partial charge in [-0.25, -0.2) is 0 Å². The molecule has 15 heavy (non-hydrogen) atoms. The molecule has 0 unspecified atom stereocenters. The Morgan fingerprint density at radius 3 is 2.40 bits per heavy atom. The summed E-state index contributed by atoms with van der Waals surface area (Å²) in [7, 11) is 3.46. The summed E-state index contributed by atoms with van der Waals surface area (Å²) >= 11 is 0. The van der Waals surface area contributed by atoms with Crippen LogP contribution in [-0.4, -0.2) is 31.0 Å². The van der Waals surface area contributed by atoms with Crippen molar-refractivity contribution in [3.05, 3.63) is 29.8 Å². The highest BCUT2D eigenvalue weighted by Crippen LogP contribution is 2.20. The summed E-state index contributed by atoms with van der Waals surface area (Å²) in [6, 6.07) is 7.30. The first-order valence-corrected chi connectivity index (χ1v) is 4.99. The second-order valence-corrected chi connectivity index (χ2v) is 3.86. The zero-order valence-corrected chi connectivity index (χ0v) is 9.65. The fraction of sp³-hybridized carbons (Fsp3) is 0.417. The minimum atomic E-state index is -0.0359. The molecule has 0 aromatic heterocycles. The van der Waals surface area contributed by atoms with Gasteiger partial charge in [0.05, 0.1) is 11.7 Å². The van der Waals surface area contributed by atoms with Crippen LogP contribution in [0.2, 0.25) is 0 Å². The quantitative estimate of drug-likeness (QED) is 0.760. The molecule has 0 saturated carbocycles. The van der Waals surface area contributed by atoms with Crippen LogP contribution in [-0.2, 0) is 0 Å². The van der Waals surface area contributed by atoms with Crippen molar-refractivity contribution >= 4 is 5.91 Å². The molecule has 0 atom stereocenters. The van der Waals surface area contributed by atoms with Gasteiger partial charge in [-0.2, -0.15) is 0 Å². The van der Waals surface area contributed by atoms with Gasteiger partial charge in [-0.3, -0.25) is 4.79 Å². The van der Waals surface area contributed by atoms with Crippen LogP contribution >= 0.6 is 0 Å². The van der Waals surface area contributed by atoms with Gasteiger partial charge in [-0.15, -0.1) is 0 Å². The van der Waals surface area contributed by atoms with Crippen LogP contribution in [0.4, 0.5) is 0 Å². The number of ether oxygens (including phenoxy) is 1. The van der Waals surface area contributed by atoms with Crippen molar-refractivity contribution in [1.82, 2.24) is 4.90 Å². The number of nitrogens with zero attached hydrogens (tertiary/aromatic N) is 1. The van der Waals surface area contributed by atoms with Gasteiger partial charge in [0.15, 0.2) is 0 Å². The summed E-state index contributed by atoms with van der Waals surface area (Å²) in [6.45, 7) is 3.88. The third kappa shape index (κ3) is 2.98. The molecule has 0 fully saturated rings. The van der Waals surface area contributed by atoms with Crippen molar-refractivity contribution in [1.29, 1.82) is 0 Å². The first-order chi connectivity index (χ1) is 7.02. The lowest BCUT2D eigenvalue weighted by molar-refractivity contribution is 0.0821. The Kier molecular flexibility index (Phi) is 3.72. The molecule has 82 valence electrons. The monoisotopic (exact) mass is 207 g/mol. The highest BCUT2D eigenvalue weighted by atomic mass is 16.5. The first kappa shape index (κ1) is 11.6. The molecule has 0 spiro atoms. The van der Waals surface area contributed by atoms with Crippen LogP contribution in [0.25, 0.3) is 0 Å². The molecule has 0 saturated heterocycles. The van der Waals surface area contributed by atoms with Crippen LogP contribution in [0.15, 0.2) is 24.3 Å². The molecule has 3 heteroatoms. The maximum Gasteiger partial charge on any atom is 0.257 e. The van der Waals surface area contributed by atoms with Crippen molar-refractivity contribution < 1.29 is 9.53 Å². The zero-order chi connectivity index (χ0) is 11.4. The van der Waals surface area contributed by atoms with E-state index in [4.69, 9.17) is 4.74 Å². The number of carbonyl (C=O) groups excluding carboxylic acids is 1. The van der Waals surface area contributed by atoms with Gasteiger partial charge >= 0.3 is 0 Å². The molecule has 0 aliphatic rings. The number of hydrogen-bond donors (Lipinski definition) is 0. The molecular formula is C12H17NO2. The summed E-state index contributed by atoms with van der Waals surface area (Å²) in [5.74, 6) is 0.609. The predicted octanol–water partition coefficient (Wildman–Crippen LogP) is 2.18. The van der Waals surface area contributed by atoms with E-state index in [1.54, 1.807) is 25.1 Å². The maximum atomic E-state index is 11.8. The minimum Gasteiger partial charge on any atom is -0.490 e.